The highest BCUT2D eigenvalue weighted by Crippen LogP contribution is 2.26. The standard InChI is InChI=1S/C21H23N3O3/c25-13-20-23-17-6-2-3-7-18(17)24(20)10-9-21(26)22-12-15-11-16-5-1-4-8-19(16)27-14-15/h1-8,15,25H,9-14H2,(H,22,26)/t15-/m1/s1. The molecule has 6 heteroatoms. The molecule has 0 unspecified atom stereocenters. The van der Waals surface area contributed by atoms with Crippen molar-refractivity contribution in [3.63, 3.8) is 0 Å². The summed E-state index contributed by atoms with van der Waals surface area (Å²) in [5.41, 5.74) is 2.96. The van der Waals surface area contributed by atoms with Gasteiger partial charge in [-0.3, -0.25) is 4.79 Å². The molecule has 0 aliphatic carbocycles. The summed E-state index contributed by atoms with van der Waals surface area (Å²) in [6, 6.07) is 15.8. The van der Waals surface area contributed by atoms with Gasteiger partial charge in [0.25, 0.3) is 0 Å². The van der Waals surface area contributed by atoms with Crippen molar-refractivity contribution in [1.29, 1.82) is 0 Å². The fourth-order valence-corrected chi connectivity index (χ4v) is 3.58. The second kappa shape index (κ2) is 7.80. The lowest BCUT2D eigenvalue weighted by molar-refractivity contribution is -0.121. The first-order valence-corrected chi connectivity index (χ1v) is 9.27. The summed E-state index contributed by atoms with van der Waals surface area (Å²) >= 11 is 0. The Balaban J connectivity index is 1.32. The molecular formula is C21H23N3O3. The normalized spacial score (nSPS) is 16.0. The minimum absolute atomic E-state index is 0.00414. The molecule has 0 radical (unpaired) electrons. The van der Waals surface area contributed by atoms with Gasteiger partial charge in [-0.2, -0.15) is 0 Å². The van der Waals surface area contributed by atoms with E-state index in [1.54, 1.807) is 0 Å². The lowest BCUT2D eigenvalue weighted by Gasteiger charge is -2.25. The minimum Gasteiger partial charge on any atom is -0.493 e. The Bertz CT molecular complexity index is 951. The van der Waals surface area contributed by atoms with E-state index in [0.29, 0.717) is 31.9 Å². The molecule has 0 bridgehead atoms. The van der Waals surface area contributed by atoms with E-state index in [1.807, 2.05) is 47.0 Å². The number of aryl methyl sites for hydroxylation is 1. The largest absolute Gasteiger partial charge is 0.493 e. The molecule has 140 valence electrons. The SMILES string of the molecule is O=C(CCn1c(CO)nc2ccccc21)NC[C@@H]1COc2ccccc2C1. The van der Waals surface area contributed by atoms with Gasteiger partial charge in [-0.05, 0) is 30.2 Å². The maximum atomic E-state index is 12.3. The van der Waals surface area contributed by atoms with Crippen LogP contribution >= 0.6 is 0 Å². The van der Waals surface area contributed by atoms with Crippen molar-refractivity contribution in [3.8, 4) is 5.75 Å². The van der Waals surface area contributed by atoms with Crippen LogP contribution in [0.15, 0.2) is 48.5 Å². The third kappa shape index (κ3) is 3.80. The van der Waals surface area contributed by atoms with Crippen LogP contribution in [0.5, 0.6) is 5.75 Å². The molecule has 1 aromatic heterocycles. The van der Waals surface area contributed by atoms with E-state index in [4.69, 9.17) is 4.74 Å². The van der Waals surface area contributed by atoms with E-state index >= 15 is 0 Å². The van der Waals surface area contributed by atoms with Crippen LogP contribution in [0, 0.1) is 5.92 Å². The molecule has 1 aliphatic rings. The third-order valence-electron chi connectivity index (χ3n) is 4.98. The van der Waals surface area contributed by atoms with E-state index in [0.717, 1.165) is 23.2 Å². The number of rotatable bonds is 6. The quantitative estimate of drug-likeness (QED) is 0.703. The number of hydrogen-bond acceptors (Lipinski definition) is 4. The molecule has 0 saturated carbocycles. The molecule has 2 aromatic carbocycles. The highest BCUT2D eigenvalue weighted by molar-refractivity contribution is 5.78. The highest BCUT2D eigenvalue weighted by Gasteiger charge is 2.20. The van der Waals surface area contributed by atoms with Crippen molar-refractivity contribution in [2.75, 3.05) is 13.2 Å². The van der Waals surface area contributed by atoms with Gasteiger partial charge in [0.15, 0.2) is 0 Å². The van der Waals surface area contributed by atoms with Gasteiger partial charge in [0.05, 0.1) is 17.6 Å². The topological polar surface area (TPSA) is 76.4 Å². The molecule has 2 heterocycles. The first-order chi connectivity index (χ1) is 13.2. The lowest BCUT2D eigenvalue weighted by Crippen LogP contribution is -2.35. The number of aliphatic hydroxyl groups is 1. The van der Waals surface area contributed by atoms with E-state index < -0.39 is 0 Å². The average molecular weight is 365 g/mol. The Labute approximate surface area is 157 Å². The van der Waals surface area contributed by atoms with Gasteiger partial charge in [-0.25, -0.2) is 4.98 Å². The number of carbonyl (C=O) groups is 1. The number of aromatic nitrogens is 2. The molecule has 0 spiro atoms. The molecule has 0 fully saturated rings. The number of nitrogens with zero attached hydrogens (tertiary/aromatic N) is 2. The van der Waals surface area contributed by atoms with Crippen molar-refractivity contribution in [3.05, 3.63) is 59.9 Å². The van der Waals surface area contributed by atoms with Crippen molar-refractivity contribution < 1.29 is 14.6 Å². The van der Waals surface area contributed by atoms with Gasteiger partial charge in [0.1, 0.15) is 18.2 Å². The predicted molar refractivity (Wildman–Crippen MR) is 102 cm³/mol. The molecule has 1 aliphatic heterocycles. The molecule has 1 amide bonds. The molecular weight excluding hydrogens is 342 g/mol. The third-order valence-corrected chi connectivity index (χ3v) is 4.98. The van der Waals surface area contributed by atoms with Crippen LogP contribution in [0.3, 0.4) is 0 Å². The summed E-state index contributed by atoms with van der Waals surface area (Å²) in [6.45, 7) is 1.57. The number of benzene rings is 2. The molecule has 3 aromatic rings. The first kappa shape index (κ1) is 17.5. The smallest absolute Gasteiger partial charge is 0.221 e. The van der Waals surface area contributed by atoms with Gasteiger partial charge in [-0.1, -0.05) is 30.3 Å². The first-order valence-electron chi connectivity index (χ1n) is 9.27. The molecule has 4 rings (SSSR count). The number of fused-ring (bicyclic) bond motifs is 2. The van der Waals surface area contributed by atoms with E-state index in [9.17, 15) is 9.90 Å². The summed E-state index contributed by atoms with van der Waals surface area (Å²) < 4.78 is 7.69. The van der Waals surface area contributed by atoms with Crippen LogP contribution in [0.2, 0.25) is 0 Å². The molecule has 27 heavy (non-hydrogen) atoms. The lowest BCUT2D eigenvalue weighted by atomic mass is 9.97. The zero-order chi connectivity index (χ0) is 18.6. The monoisotopic (exact) mass is 365 g/mol. The van der Waals surface area contributed by atoms with E-state index in [1.165, 1.54) is 5.56 Å². The second-order valence-electron chi connectivity index (χ2n) is 6.87. The number of nitrogens with one attached hydrogen (secondary N) is 1. The van der Waals surface area contributed by atoms with Crippen LogP contribution in [0.25, 0.3) is 11.0 Å². The Morgan fingerprint density at radius 1 is 1.22 bits per heavy atom. The van der Waals surface area contributed by atoms with Crippen LogP contribution in [0.4, 0.5) is 0 Å². The fourth-order valence-electron chi connectivity index (χ4n) is 3.58. The summed E-state index contributed by atoms with van der Waals surface area (Å²) in [6.07, 6.45) is 1.26. The number of carbonyl (C=O) groups excluding carboxylic acids is 1. The maximum Gasteiger partial charge on any atom is 0.221 e. The van der Waals surface area contributed by atoms with Crippen molar-refractivity contribution in [2.24, 2.45) is 5.92 Å². The van der Waals surface area contributed by atoms with Gasteiger partial charge in [0, 0.05) is 25.4 Å². The number of amides is 1. The molecule has 0 saturated heterocycles. The molecule has 2 N–H and O–H groups in total. The van der Waals surface area contributed by atoms with Crippen LogP contribution in [-0.2, 0) is 24.4 Å². The maximum absolute atomic E-state index is 12.3. The van der Waals surface area contributed by atoms with E-state index in [-0.39, 0.29) is 18.4 Å². The summed E-state index contributed by atoms with van der Waals surface area (Å²) in [7, 11) is 0. The Hall–Kier alpha value is -2.86. The van der Waals surface area contributed by atoms with E-state index in [2.05, 4.69) is 16.4 Å². The van der Waals surface area contributed by atoms with Crippen LogP contribution in [-0.4, -0.2) is 33.7 Å². The average Bonchev–Trinajstić information content (AvgIpc) is 3.08. The zero-order valence-corrected chi connectivity index (χ0v) is 15.1. The fraction of sp³-hybridized carbons (Fsp3) is 0.333. The second-order valence-corrected chi connectivity index (χ2v) is 6.87. The number of ether oxygens (including phenoxy) is 1. The van der Waals surface area contributed by atoms with Crippen molar-refractivity contribution in [2.45, 2.75) is 26.0 Å². The number of aliphatic hydroxyl groups excluding tert-OH is 1. The molecule has 6 nitrogen and oxygen atoms in total. The molecule has 1 atom stereocenters. The Morgan fingerprint density at radius 2 is 2.04 bits per heavy atom. The zero-order valence-electron chi connectivity index (χ0n) is 15.1. The predicted octanol–water partition coefficient (Wildman–Crippen LogP) is 2.29. The number of para-hydroxylation sites is 3. The van der Waals surface area contributed by atoms with Gasteiger partial charge in [-0.15, -0.1) is 0 Å². The van der Waals surface area contributed by atoms with Crippen molar-refractivity contribution in [1.82, 2.24) is 14.9 Å². The van der Waals surface area contributed by atoms with Gasteiger partial charge < -0.3 is 19.7 Å². The number of imidazole rings is 1. The van der Waals surface area contributed by atoms with Gasteiger partial charge >= 0.3 is 0 Å². The van der Waals surface area contributed by atoms with Crippen LogP contribution < -0.4 is 10.1 Å². The Morgan fingerprint density at radius 3 is 2.93 bits per heavy atom. The van der Waals surface area contributed by atoms with Gasteiger partial charge in [0.2, 0.25) is 5.91 Å². The summed E-state index contributed by atoms with van der Waals surface area (Å²) in [4.78, 5) is 16.7. The van der Waals surface area contributed by atoms with Crippen molar-refractivity contribution >= 4 is 16.9 Å². The Kier molecular flexibility index (Phi) is 5.07. The van der Waals surface area contributed by atoms with Crippen LogP contribution in [0.1, 0.15) is 17.8 Å². The minimum atomic E-state index is -0.144. The summed E-state index contributed by atoms with van der Waals surface area (Å²) in [5, 5.41) is 12.6. The number of hydrogen-bond donors (Lipinski definition) is 2. The summed E-state index contributed by atoms with van der Waals surface area (Å²) in [5.74, 6) is 1.81. The highest BCUT2D eigenvalue weighted by atomic mass is 16.5.